The molecule has 2 rings (SSSR count). The maximum absolute atomic E-state index is 6.48. The van der Waals surface area contributed by atoms with E-state index in [0.717, 1.165) is 5.50 Å². The first-order valence-electron chi connectivity index (χ1n) is 6.58. The van der Waals surface area contributed by atoms with Crippen LogP contribution in [-0.2, 0) is 4.43 Å². The predicted molar refractivity (Wildman–Crippen MR) is 67.9 cm³/mol. The van der Waals surface area contributed by atoms with Gasteiger partial charge in [0.25, 0.3) is 0 Å². The highest BCUT2D eigenvalue weighted by Gasteiger charge is 2.38. The van der Waals surface area contributed by atoms with Crippen molar-refractivity contribution in [1.82, 2.24) is 0 Å². The van der Waals surface area contributed by atoms with Crippen molar-refractivity contribution in [3.05, 3.63) is 0 Å². The molecular formula is C12H23ClOSi. The normalized spacial score (nSPS) is 27.8. The molecule has 88 valence electrons. The van der Waals surface area contributed by atoms with Gasteiger partial charge in [0, 0.05) is 11.6 Å². The van der Waals surface area contributed by atoms with E-state index >= 15 is 0 Å². The van der Waals surface area contributed by atoms with Crippen molar-refractivity contribution in [1.29, 1.82) is 0 Å². The number of rotatable bonds is 3. The Morgan fingerprint density at radius 1 is 0.933 bits per heavy atom. The second kappa shape index (κ2) is 5.69. The summed E-state index contributed by atoms with van der Waals surface area (Å²) in [5, 5.41) is 0. The predicted octanol–water partition coefficient (Wildman–Crippen LogP) is 4.24. The zero-order valence-corrected chi connectivity index (χ0v) is 11.4. The molecule has 2 aliphatic rings. The lowest BCUT2D eigenvalue weighted by Crippen LogP contribution is -2.46. The lowest BCUT2D eigenvalue weighted by atomic mass is 9.98. The molecule has 0 amide bonds. The van der Waals surface area contributed by atoms with Gasteiger partial charge < -0.3 is 4.43 Å². The Labute approximate surface area is 99.7 Å². The summed E-state index contributed by atoms with van der Waals surface area (Å²) >= 11 is 6.19. The maximum Gasteiger partial charge on any atom is 0.207 e. The van der Waals surface area contributed by atoms with Gasteiger partial charge in [0.05, 0.1) is 0 Å². The summed E-state index contributed by atoms with van der Waals surface area (Å²) in [6.07, 6.45) is 11.5. The van der Waals surface area contributed by atoms with Gasteiger partial charge in [-0.3, -0.25) is 0 Å². The molecule has 0 N–H and O–H groups in total. The summed E-state index contributed by atoms with van der Waals surface area (Å²) in [6, 6.07) is 2.65. The van der Waals surface area contributed by atoms with Crippen LogP contribution in [0.5, 0.6) is 0 Å². The van der Waals surface area contributed by atoms with Crippen LogP contribution in [0.2, 0.25) is 12.1 Å². The molecule has 1 saturated carbocycles. The molecule has 0 unspecified atom stereocenters. The third-order valence-corrected chi connectivity index (χ3v) is 9.29. The molecule has 1 aliphatic carbocycles. The van der Waals surface area contributed by atoms with Gasteiger partial charge in [-0.25, -0.2) is 0 Å². The van der Waals surface area contributed by atoms with Crippen LogP contribution in [0.25, 0.3) is 0 Å². The fraction of sp³-hybridized carbons (Fsp3) is 1.00. The molecular weight excluding hydrogens is 224 g/mol. The highest BCUT2D eigenvalue weighted by Crippen LogP contribution is 2.34. The molecule has 1 saturated heterocycles. The van der Waals surface area contributed by atoms with Crippen molar-refractivity contribution >= 4 is 19.9 Å². The second-order valence-electron chi connectivity index (χ2n) is 5.26. The summed E-state index contributed by atoms with van der Waals surface area (Å²) in [7, 11) is -1.48. The summed E-state index contributed by atoms with van der Waals surface area (Å²) in [4.78, 5) is 0. The van der Waals surface area contributed by atoms with E-state index in [1.165, 1.54) is 63.5 Å². The largest absolute Gasteiger partial charge is 0.413 e. The van der Waals surface area contributed by atoms with Crippen molar-refractivity contribution < 1.29 is 4.43 Å². The lowest BCUT2D eigenvalue weighted by molar-refractivity contribution is 0.140. The smallest absolute Gasteiger partial charge is 0.207 e. The molecule has 0 spiro atoms. The second-order valence-corrected chi connectivity index (χ2v) is 9.93. The van der Waals surface area contributed by atoms with Gasteiger partial charge in [-0.2, -0.15) is 0 Å². The highest BCUT2D eigenvalue weighted by molar-refractivity contribution is 6.80. The van der Waals surface area contributed by atoms with Crippen molar-refractivity contribution in [2.75, 3.05) is 5.50 Å². The molecule has 0 aromatic heterocycles. The van der Waals surface area contributed by atoms with E-state index in [4.69, 9.17) is 16.0 Å². The third kappa shape index (κ3) is 3.21. The average Bonchev–Trinajstić information content (AvgIpc) is 2.32. The number of alkyl halides is 1. The van der Waals surface area contributed by atoms with Gasteiger partial charge in [-0.05, 0) is 24.9 Å². The first kappa shape index (κ1) is 11.9. The fourth-order valence-corrected chi connectivity index (χ4v) is 7.55. The van der Waals surface area contributed by atoms with Crippen LogP contribution >= 0.6 is 11.6 Å². The highest BCUT2D eigenvalue weighted by atomic mass is 35.5. The van der Waals surface area contributed by atoms with E-state index in [9.17, 15) is 0 Å². The molecule has 0 radical (unpaired) electrons. The van der Waals surface area contributed by atoms with Crippen LogP contribution in [0.3, 0.4) is 0 Å². The van der Waals surface area contributed by atoms with Crippen molar-refractivity contribution in [3.8, 4) is 0 Å². The van der Waals surface area contributed by atoms with Gasteiger partial charge in [0.1, 0.15) is 0 Å². The van der Waals surface area contributed by atoms with Gasteiger partial charge in [0.2, 0.25) is 8.32 Å². The Bertz CT molecular complexity index is 186. The van der Waals surface area contributed by atoms with E-state index in [1.807, 2.05) is 0 Å². The topological polar surface area (TPSA) is 9.23 Å². The molecule has 2 fully saturated rings. The first-order valence-corrected chi connectivity index (χ1v) is 9.65. The maximum atomic E-state index is 6.48. The van der Waals surface area contributed by atoms with Gasteiger partial charge in [-0.15, -0.1) is 11.6 Å². The molecule has 0 atom stereocenters. The van der Waals surface area contributed by atoms with Crippen LogP contribution in [0.15, 0.2) is 0 Å². The molecule has 1 heterocycles. The molecule has 3 heteroatoms. The quantitative estimate of drug-likeness (QED) is 0.535. The van der Waals surface area contributed by atoms with E-state index in [0.29, 0.717) is 6.10 Å². The molecule has 15 heavy (non-hydrogen) atoms. The SMILES string of the molecule is ClC[Si]1(OC2CCCCC2)CCCCC1. The minimum atomic E-state index is -1.48. The zero-order valence-electron chi connectivity index (χ0n) is 9.64. The van der Waals surface area contributed by atoms with E-state index in [-0.39, 0.29) is 0 Å². The van der Waals surface area contributed by atoms with Gasteiger partial charge in [-0.1, -0.05) is 38.5 Å². The summed E-state index contributed by atoms with van der Waals surface area (Å²) in [5.41, 5.74) is 0.837. The summed E-state index contributed by atoms with van der Waals surface area (Å²) in [5.74, 6) is 0. The monoisotopic (exact) mass is 246 g/mol. The molecule has 1 nitrogen and oxygen atoms in total. The third-order valence-electron chi connectivity index (χ3n) is 3.98. The Balaban J connectivity index is 1.87. The van der Waals surface area contributed by atoms with E-state index in [2.05, 4.69) is 0 Å². The Morgan fingerprint density at radius 2 is 1.53 bits per heavy atom. The van der Waals surface area contributed by atoms with Crippen molar-refractivity contribution in [2.45, 2.75) is 69.6 Å². The summed E-state index contributed by atoms with van der Waals surface area (Å²) < 4.78 is 6.48. The van der Waals surface area contributed by atoms with Crippen LogP contribution in [0.1, 0.15) is 51.4 Å². The van der Waals surface area contributed by atoms with Crippen LogP contribution in [0.4, 0.5) is 0 Å². The van der Waals surface area contributed by atoms with Gasteiger partial charge >= 0.3 is 0 Å². The van der Waals surface area contributed by atoms with Crippen molar-refractivity contribution in [2.24, 2.45) is 0 Å². The first-order chi connectivity index (χ1) is 7.35. The fourth-order valence-electron chi connectivity index (χ4n) is 3.02. The minimum absolute atomic E-state index is 0.572. The Kier molecular flexibility index (Phi) is 4.53. The van der Waals surface area contributed by atoms with Gasteiger partial charge in [0.15, 0.2) is 0 Å². The minimum Gasteiger partial charge on any atom is -0.413 e. The molecule has 0 bridgehead atoms. The Morgan fingerprint density at radius 3 is 2.13 bits per heavy atom. The standard InChI is InChI=1S/C12H23ClOSi/c13-11-15(9-5-2-6-10-15)14-12-7-3-1-4-8-12/h12H,1-11H2. The van der Waals surface area contributed by atoms with Crippen LogP contribution in [-0.4, -0.2) is 19.9 Å². The van der Waals surface area contributed by atoms with Crippen LogP contribution < -0.4 is 0 Å². The molecule has 1 aliphatic heterocycles. The molecule has 0 aromatic rings. The number of hydrogen-bond acceptors (Lipinski definition) is 1. The summed E-state index contributed by atoms with van der Waals surface area (Å²) in [6.45, 7) is 0. The zero-order chi connectivity index (χ0) is 10.6. The number of hydrogen-bond donors (Lipinski definition) is 0. The lowest BCUT2D eigenvalue weighted by Gasteiger charge is -2.38. The average molecular weight is 247 g/mol. The molecule has 0 aromatic carbocycles. The number of halogens is 1. The Hall–Kier alpha value is 0.467. The van der Waals surface area contributed by atoms with E-state index in [1.54, 1.807) is 0 Å². The van der Waals surface area contributed by atoms with Crippen molar-refractivity contribution in [3.63, 3.8) is 0 Å². The van der Waals surface area contributed by atoms with Crippen LogP contribution in [0, 0.1) is 0 Å². The van der Waals surface area contributed by atoms with E-state index < -0.39 is 8.32 Å².